The summed E-state index contributed by atoms with van der Waals surface area (Å²) in [7, 11) is 4.77. The van der Waals surface area contributed by atoms with Gasteiger partial charge in [0, 0.05) is 0 Å². The molecule has 0 amide bonds. The summed E-state index contributed by atoms with van der Waals surface area (Å²) >= 11 is 0. The second-order valence-electron chi connectivity index (χ2n) is 4.74. The zero-order valence-corrected chi connectivity index (χ0v) is 10.4. The van der Waals surface area contributed by atoms with E-state index in [1.165, 1.54) is 30.2 Å². The average Bonchev–Trinajstić information content (AvgIpc) is 2.12. The Hall–Kier alpha value is -0.0400. The molecule has 1 heteroatoms. The van der Waals surface area contributed by atoms with Crippen LogP contribution >= 0.6 is 0 Å². The molecule has 0 aliphatic carbocycles. The van der Waals surface area contributed by atoms with Crippen LogP contribution in [0.3, 0.4) is 0 Å². The van der Waals surface area contributed by atoms with Crippen molar-refractivity contribution in [2.75, 3.05) is 14.1 Å². The largest absolute Gasteiger partial charge is 0.324 e. The first-order chi connectivity index (χ1) is 6.00. The summed E-state index contributed by atoms with van der Waals surface area (Å²) in [6.07, 6.45) is 5.28. The minimum absolute atomic E-state index is 0.788. The Labute approximate surface area is 84.7 Å². The molecule has 0 rings (SSSR count). The predicted molar refractivity (Wildman–Crippen MR) is 60.8 cm³/mol. The van der Waals surface area contributed by atoms with E-state index in [0.717, 1.165) is 12.1 Å². The highest BCUT2D eigenvalue weighted by Crippen LogP contribution is 2.21. The molecule has 0 heterocycles. The zero-order valence-electron chi connectivity index (χ0n) is 10.4. The monoisotopic (exact) mass is 186 g/mol. The summed E-state index contributed by atoms with van der Waals surface area (Å²) < 4.78 is 1.20. The van der Waals surface area contributed by atoms with Crippen molar-refractivity contribution in [3.05, 3.63) is 0 Å². The van der Waals surface area contributed by atoms with Gasteiger partial charge in [-0.15, -0.1) is 0 Å². The lowest BCUT2D eigenvalue weighted by Gasteiger charge is -2.42. The van der Waals surface area contributed by atoms with Crippen molar-refractivity contribution in [1.29, 1.82) is 0 Å². The fraction of sp³-hybridized carbons (Fsp3) is 1.00. The molecule has 80 valence electrons. The predicted octanol–water partition coefficient (Wildman–Crippen LogP) is 3.44. The molecule has 0 aliphatic rings. The first kappa shape index (κ1) is 13.0. The molecule has 0 aromatic heterocycles. The maximum absolute atomic E-state index is 2.39. The van der Waals surface area contributed by atoms with Gasteiger partial charge in [-0.25, -0.2) is 0 Å². The van der Waals surface area contributed by atoms with Gasteiger partial charge >= 0.3 is 0 Å². The van der Waals surface area contributed by atoms with Gasteiger partial charge in [-0.05, 0) is 26.2 Å². The second kappa shape index (κ2) is 5.64. The van der Waals surface area contributed by atoms with E-state index in [2.05, 4.69) is 41.8 Å². The highest BCUT2D eigenvalue weighted by molar-refractivity contribution is 4.59. The number of rotatable bonds is 6. The third kappa shape index (κ3) is 3.30. The normalized spacial score (nSPS) is 17.1. The van der Waals surface area contributed by atoms with E-state index in [-0.39, 0.29) is 0 Å². The van der Waals surface area contributed by atoms with Gasteiger partial charge in [-0.1, -0.05) is 27.2 Å². The number of hydrogen-bond donors (Lipinski definition) is 0. The molecule has 0 saturated heterocycles. The lowest BCUT2D eigenvalue weighted by molar-refractivity contribution is -0.937. The fourth-order valence-corrected chi connectivity index (χ4v) is 2.17. The number of quaternary nitrogens is 1. The molecule has 0 aliphatic heterocycles. The fourth-order valence-electron chi connectivity index (χ4n) is 2.17. The van der Waals surface area contributed by atoms with Crippen LogP contribution in [0.25, 0.3) is 0 Å². The first-order valence-corrected chi connectivity index (χ1v) is 5.83. The van der Waals surface area contributed by atoms with Crippen LogP contribution in [-0.4, -0.2) is 30.7 Å². The standard InChI is InChI=1S/C12H28N/c1-7-10-12(9-3)13(5,6)11(4)8-2/h11-12H,7-10H2,1-6H3/q+1. The number of nitrogens with zero attached hydrogens (tertiary/aromatic N) is 1. The van der Waals surface area contributed by atoms with Crippen LogP contribution in [0.2, 0.25) is 0 Å². The third-order valence-corrected chi connectivity index (χ3v) is 3.76. The van der Waals surface area contributed by atoms with Gasteiger partial charge < -0.3 is 4.48 Å². The molecule has 0 bridgehead atoms. The summed E-state index contributed by atoms with van der Waals surface area (Å²) in [4.78, 5) is 0. The van der Waals surface area contributed by atoms with E-state index in [9.17, 15) is 0 Å². The van der Waals surface area contributed by atoms with Gasteiger partial charge in [-0.2, -0.15) is 0 Å². The Morgan fingerprint density at radius 2 is 1.54 bits per heavy atom. The quantitative estimate of drug-likeness (QED) is 0.557. The molecule has 13 heavy (non-hydrogen) atoms. The maximum atomic E-state index is 2.39. The van der Waals surface area contributed by atoms with Gasteiger partial charge in [0.2, 0.25) is 0 Å². The van der Waals surface area contributed by atoms with Gasteiger partial charge in [0.25, 0.3) is 0 Å². The maximum Gasteiger partial charge on any atom is 0.0885 e. The van der Waals surface area contributed by atoms with E-state index in [0.29, 0.717) is 0 Å². The molecule has 0 aromatic carbocycles. The molecular formula is C12H28N+. The van der Waals surface area contributed by atoms with Crippen molar-refractivity contribution in [3.8, 4) is 0 Å². The highest BCUT2D eigenvalue weighted by Gasteiger charge is 2.30. The Kier molecular flexibility index (Phi) is 5.62. The molecule has 0 radical (unpaired) electrons. The van der Waals surface area contributed by atoms with Crippen molar-refractivity contribution in [3.63, 3.8) is 0 Å². The Bertz CT molecular complexity index is 129. The molecule has 0 N–H and O–H groups in total. The summed E-state index contributed by atoms with van der Waals surface area (Å²) in [6.45, 7) is 9.28. The van der Waals surface area contributed by atoms with Crippen LogP contribution in [0, 0.1) is 0 Å². The molecule has 0 aromatic rings. The molecule has 0 saturated carbocycles. The van der Waals surface area contributed by atoms with E-state index in [4.69, 9.17) is 0 Å². The molecule has 0 spiro atoms. The van der Waals surface area contributed by atoms with Crippen LogP contribution in [0.1, 0.15) is 53.4 Å². The summed E-state index contributed by atoms with van der Waals surface area (Å²) in [6, 6.07) is 1.64. The summed E-state index contributed by atoms with van der Waals surface area (Å²) in [5.41, 5.74) is 0. The smallest absolute Gasteiger partial charge is 0.0885 e. The lowest BCUT2D eigenvalue weighted by atomic mass is 10.0. The van der Waals surface area contributed by atoms with Crippen LogP contribution in [0.15, 0.2) is 0 Å². The average molecular weight is 186 g/mol. The minimum Gasteiger partial charge on any atom is -0.324 e. The Balaban J connectivity index is 4.36. The SMILES string of the molecule is CCCC(CC)[N+](C)(C)C(C)CC. The summed E-state index contributed by atoms with van der Waals surface area (Å²) in [5, 5.41) is 0. The van der Waals surface area contributed by atoms with Crippen molar-refractivity contribution >= 4 is 0 Å². The second-order valence-corrected chi connectivity index (χ2v) is 4.74. The van der Waals surface area contributed by atoms with Gasteiger partial charge in [0.05, 0.1) is 26.2 Å². The van der Waals surface area contributed by atoms with E-state index in [1.54, 1.807) is 0 Å². The van der Waals surface area contributed by atoms with Gasteiger partial charge in [-0.3, -0.25) is 0 Å². The van der Waals surface area contributed by atoms with Crippen molar-refractivity contribution < 1.29 is 4.48 Å². The Morgan fingerprint density at radius 3 is 1.85 bits per heavy atom. The van der Waals surface area contributed by atoms with Crippen molar-refractivity contribution in [2.45, 2.75) is 65.5 Å². The zero-order chi connectivity index (χ0) is 10.5. The number of hydrogen-bond acceptors (Lipinski definition) is 0. The molecular weight excluding hydrogens is 158 g/mol. The highest BCUT2D eigenvalue weighted by atomic mass is 15.4. The van der Waals surface area contributed by atoms with Gasteiger partial charge in [0.15, 0.2) is 0 Å². The van der Waals surface area contributed by atoms with E-state index in [1.807, 2.05) is 0 Å². The Morgan fingerprint density at radius 1 is 1.00 bits per heavy atom. The first-order valence-electron chi connectivity index (χ1n) is 5.83. The molecule has 1 nitrogen and oxygen atoms in total. The topological polar surface area (TPSA) is 0 Å². The third-order valence-electron chi connectivity index (χ3n) is 3.76. The minimum atomic E-state index is 0.788. The molecule has 0 fully saturated rings. The molecule has 2 atom stereocenters. The van der Waals surface area contributed by atoms with Crippen LogP contribution in [0.5, 0.6) is 0 Å². The molecule has 2 unspecified atom stereocenters. The van der Waals surface area contributed by atoms with Crippen LogP contribution in [-0.2, 0) is 0 Å². The van der Waals surface area contributed by atoms with E-state index >= 15 is 0 Å². The lowest BCUT2D eigenvalue weighted by Crippen LogP contribution is -2.54. The van der Waals surface area contributed by atoms with E-state index < -0.39 is 0 Å². The van der Waals surface area contributed by atoms with Crippen LogP contribution < -0.4 is 0 Å². The summed E-state index contributed by atoms with van der Waals surface area (Å²) in [5.74, 6) is 0. The van der Waals surface area contributed by atoms with Crippen LogP contribution in [0.4, 0.5) is 0 Å². The van der Waals surface area contributed by atoms with Gasteiger partial charge in [0.1, 0.15) is 0 Å². The van der Waals surface area contributed by atoms with Crippen molar-refractivity contribution in [1.82, 2.24) is 0 Å². The van der Waals surface area contributed by atoms with Crippen molar-refractivity contribution in [2.24, 2.45) is 0 Å².